The molecule has 1 amide bonds. The topological polar surface area (TPSA) is 62.8 Å². The van der Waals surface area contributed by atoms with Crippen molar-refractivity contribution >= 4 is 5.91 Å². The fourth-order valence-electron chi connectivity index (χ4n) is 8.43. The molecular weight excluding hydrogens is 458 g/mol. The van der Waals surface area contributed by atoms with Gasteiger partial charge in [-0.25, -0.2) is 0 Å². The van der Waals surface area contributed by atoms with Gasteiger partial charge >= 0.3 is 0 Å². The molecule has 4 atom stereocenters. The molecule has 6 rings (SSSR count). The molecule has 1 aliphatic carbocycles. The number of piperidine rings is 1. The zero-order valence-corrected chi connectivity index (χ0v) is 22.5. The molecular formula is C32H45N3O2+2. The Hall–Kier alpha value is -2.37. The Morgan fingerprint density at radius 2 is 1.84 bits per heavy atom. The first-order chi connectivity index (χ1) is 18.2. The molecule has 37 heavy (non-hydrogen) atoms. The van der Waals surface area contributed by atoms with E-state index in [0.717, 1.165) is 57.7 Å². The van der Waals surface area contributed by atoms with Crippen molar-refractivity contribution in [1.29, 1.82) is 0 Å². The number of ether oxygens (including phenoxy) is 1. The fraction of sp³-hybridized carbons (Fsp3) is 0.594. The molecule has 2 saturated heterocycles. The molecule has 3 aliphatic heterocycles. The van der Waals surface area contributed by atoms with E-state index in [1.165, 1.54) is 48.8 Å². The number of methoxy groups -OCH3 is 1. The van der Waals surface area contributed by atoms with E-state index < -0.39 is 0 Å². The molecule has 2 aromatic carbocycles. The lowest BCUT2D eigenvalue weighted by atomic mass is 9.67. The summed E-state index contributed by atoms with van der Waals surface area (Å²) in [6.45, 7) is 4.83. The zero-order valence-electron chi connectivity index (χ0n) is 22.5. The first kappa shape index (κ1) is 24.9. The van der Waals surface area contributed by atoms with Crippen molar-refractivity contribution in [2.45, 2.75) is 75.3 Å². The first-order valence-electron chi connectivity index (χ1n) is 14.9. The Kier molecular flexibility index (Phi) is 7.27. The average molecular weight is 504 g/mol. The minimum atomic E-state index is -0.0959. The Bertz CT molecular complexity index is 1080. The number of nitrogens with two attached hydrogens (primary N) is 2. The number of carbonyl (C=O) groups excluding carboxylic acids is 1. The third-order valence-corrected chi connectivity index (χ3v) is 10.3. The van der Waals surface area contributed by atoms with E-state index >= 15 is 0 Å². The van der Waals surface area contributed by atoms with E-state index in [1.54, 1.807) is 7.11 Å². The molecule has 4 N–H and O–H groups in total. The van der Waals surface area contributed by atoms with Gasteiger partial charge in [0.05, 0.1) is 37.7 Å². The van der Waals surface area contributed by atoms with Gasteiger partial charge in [0.2, 0.25) is 5.91 Å². The monoisotopic (exact) mass is 503 g/mol. The molecule has 3 fully saturated rings. The van der Waals surface area contributed by atoms with Crippen LogP contribution in [0, 0.1) is 11.8 Å². The molecule has 2 aromatic rings. The summed E-state index contributed by atoms with van der Waals surface area (Å²) < 4.78 is 5.81. The van der Waals surface area contributed by atoms with E-state index in [1.807, 2.05) is 0 Å². The van der Waals surface area contributed by atoms with Gasteiger partial charge in [-0.2, -0.15) is 0 Å². The van der Waals surface area contributed by atoms with Crippen molar-refractivity contribution < 1.29 is 20.2 Å². The van der Waals surface area contributed by atoms with Gasteiger partial charge in [0.25, 0.3) is 0 Å². The van der Waals surface area contributed by atoms with Crippen LogP contribution in [0.4, 0.5) is 0 Å². The predicted molar refractivity (Wildman–Crippen MR) is 145 cm³/mol. The predicted octanol–water partition coefficient (Wildman–Crippen LogP) is 2.95. The van der Waals surface area contributed by atoms with Gasteiger partial charge in [-0.15, -0.1) is 0 Å². The Morgan fingerprint density at radius 1 is 1.00 bits per heavy atom. The highest BCUT2D eigenvalue weighted by atomic mass is 16.5. The van der Waals surface area contributed by atoms with Crippen LogP contribution in [0.25, 0.3) is 0 Å². The normalized spacial score (nSPS) is 30.6. The van der Waals surface area contributed by atoms with Crippen molar-refractivity contribution in [3.05, 3.63) is 65.2 Å². The highest BCUT2D eigenvalue weighted by Crippen LogP contribution is 2.45. The summed E-state index contributed by atoms with van der Waals surface area (Å²) >= 11 is 0. The third-order valence-electron chi connectivity index (χ3n) is 10.3. The van der Waals surface area contributed by atoms with Gasteiger partial charge in [-0.05, 0) is 54.7 Å². The van der Waals surface area contributed by atoms with Gasteiger partial charge in [0.15, 0.2) is 0 Å². The van der Waals surface area contributed by atoms with Crippen molar-refractivity contribution in [3.63, 3.8) is 0 Å². The molecule has 5 heteroatoms. The fourth-order valence-corrected chi connectivity index (χ4v) is 8.43. The Balaban J connectivity index is 1.32. The number of benzene rings is 2. The summed E-state index contributed by atoms with van der Waals surface area (Å²) in [6, 6.07) is 18.0. The largest absolute Gasteiger partial charge is 0.496 e. The molecule has 0 bridgehead atoms. The van der Waals surface area contributed by atoms with Crippen molar-refractivity contribution in [2.24, 2.45) is 11.8 Å². The highest BCUT2D eigenvalue weighted by Gasteiger charge is 2.55. The summed E-state index contributed by atoms with van der Waals surface area (Å²) in [7, 11) is 1.78. The lowest BCUT2D eigenvalue weighted by Gasteiger charge is -2.46. The average Bonchev–Trinajstić information content (AvgIpc) is 3.30. The van der Waals surface area contributed by atoms with Crippen LogP contribution >= 0.6 is 0 Å². The number of carbonyl (C=O) groups is 1. The molecule has 4 aliphatic rings. The molecule has 1 spiro atoms. The van der Waals surface area contributed by atoms with Crippen LogP contribution < -0.4 is 15.4 Å². The lowest BCUT2D eigenvalue weighted by Crippen LogP contribution is -2.83. The second-order valence-electron chi connectivity index (χ2n) is 12.1. The number of hydrogen-bond donors (Lipinski definition) is 2. The molecule has 1 saturated carbocycles. The van der Waals surface area contributed by atoms with Gasteiger partial charge in [-0.3, -0.25) is 4.79 Å². The number of amides is 1. The SMILES string of the molecule is COc1cccc2c1C[NH2+]CC[C@]21C[NH2+]CC1C(=O)N1CC[C@@H](c2ccccc2)C[C@H]1C1CCCCC1. The maximum atomic E-state index is 14.7. The maximum Gasteiger partial charge on any atom is 0.232 e. The molecule has 0 aromatic heterocycles. The van der Waals surface area contributed by atoms with Crippen LogP contribution in [0.15, 0.2) is 48.5 Å². The molecule has 1 unspecified atom stereocenters. The molecule has 0 radical (unpaired) electrons. The number of hydrogen-bond acceptors (Lipinski definition) is 2. The van der Waals surface area contributed by atoms with Gasteiger partial charge < -0.3 is 20.3 Å². The standard InChI is InChI=1S/C32H43N3O2/c1-37-30-14-8-13-27-26(30)20-33-17-16-32(27)22-34-21-28(32)31(36)35-18-15-25(23-9-4-2-5-10-23)19-29(35)24-11-6-3-7-12-24/h2,4-5,8-10,13-14,24-25,28-29,33-34H,3,6-7,11-12,15-22H2,1H3/p+2/t25-,28?,29+,32+/m1/s1. The summed E-state index contributed by atoms with van der Waals surface area (Å²) in [5, 5.41) is 4.83. The van der Waals surface area contributed by atoms with Crippen LogP contribution in [0.2, 0.25) is 0 Å². The lowest BCUT2D eigenvalue weighted by molar-refractivity contribution is -0.671. The Labute approximate surface area is 222 Å². The second kappa shape index (κ2) is 10.8. The summed E-state index contributed by atoms with van der Waals surface area (Å²) in [5.41, 5.74) is 4.05. The summed E-state index contributed by atoms with van der Waals surface area (Å²) in [4.78, 5) is 17.1. The van der Waals surface area contributed by atoms with Crippen LogP contribution in [-0.2, 0) is 16.8 Å². The van der Waals surface area contributed by atoms with Crippen molar-refractivity contribution in [3.8, 4) is 5.75 Å². The number of fused-ring (bicyclic) bond motifs is 2. The van der Waals surface area contributed by atoms with Crippen LogP contribution in [-0.4, -0.2) is 50.1 Å². The van der Waals surface area contributed by atoms with Crippen LogP contribution in [0.3, 0.4) is 0 Å². The highest BCUT2D eigenvalue weighted by molar-refractivity contribution is 5.82. The Morgan fingerprint density at radius 3 is 2.65 bits per heavy atom. The second-order valence-corrected chi connectivity index (χ2v) is 12.1. The quantitative estimate of drug-likeness (QED) is 0.674. The number of nitrogens with zero attached hydrogens (tertiary/aromatic N) is 1. The van der Waals surface area contributed by atoms with Crippen molar-refractivity contribution in [2.75, 3.05) is 33.3 Å². The first-order valence-corrected chi connectivity index (χ1v) is 14.9. The van der Waals surface area contributed by atoms with E-state index in [4.69, 9.17) is 4.74 Å². The van der Waals surface area contributed by atoms with Crippen LogP contribution in [0.5, 0.6) is 5.75 Å². The van der Waals surface area contributed by atoms with Crippen LogP contribution in [0.1, 0.15) is 74.0 Å². The summed E-state index contributed by atoms with van der Waals surface area (Å²) in [6.07, 6.45) is 9.85. The smallest absolute Gasteiger partial charge is 0.232 e. The van der Waals surface area contributed by atoms with E-state index in [-0.39, 0.29) is 11.3 Å². The van der Waals surface area contributed by atoms with Gasteiger partial charge in [0.1, 0.15) is 18.2 Å². The van der Waals surface area contributed by atoms with E-state index in [0.29, 0.717) is 23.8 Å². The maximum absolute atomic E-state index is 14.7. The molecule has 3 heterocycles. The minimum absolute atomic E-state index is 0.0456. The number of quaternary nitrogens is 2. The van der Waals surface area contributed by atoms with E-state index in [2.05, 4.69) is 64.1 Å². The van der Waals surface area contributed by atoms with Crippen molar-refractivity contribution in [1.82, 2.24) is 4.90 Å². The molecule has 5 nitrogen and oxygen atoms in total. The molecule has 198 valence electrons. The van der Waals surface area contributed by atoms with E-state index in [9.17, 15) is 4.79 Å². The van der Waals surface area contributed by atoms with Gasteiger partial charge in [-0.1, -0.05) is 61.7 Å². The van der Waals surface area contributed by atoms with Gasteiger partial charge in [0, 0.05) is 19.0 Å². The zero-order chi connectivity index (χ0) is 25.2. The summed E-state index contributed by atoms with van der Waals surface area (Å²) in [5.74, 6) is 2.69. The minimum Gasteiger partial charge on any atom is -0.496 e. The third kappa shape index (κ3) is 4.59. The number of likely N-dealkylation sites (tertiary alicyclic amines) is 1. The number of rotatable bonds is 4.